The first kappa shape index (κ1) is 22.4. The number of hydrogen-bond donors (Lipinski definition) is 1. The van der Waals surface area contributed by atoms with Crippen molar-refractivity contribution in [2.45, 2.75) is 32.1 Å². The summed E-state index contributed by atoms with van der Waals surface area (Å²) in [4.78, 5) is 29.9. The van der Waals surface area contributed by atoms with Crippen LogP contribution < -0.4 is 5.32 Å². The molecule has 0 spiro atoms. The van der Waals surface area contributed by atoms with Crippen LogP contribution in [0.2, 0.25) is 5.02 Å². The Labute approximate surface area is 206 Å². The number of carbonyl (C=O) groups is 2. The largest absolute Gasteiger partial charge is 0.350 e. The zero-order valence-corrected chi connectivity index (χ0v) is 20.1. The Morgan fingerprint density at radius 2 is 1.88 bits per heavy atom. The molecule has 8 heteroatoms. The van der Waals surface area contributed by atoms with Crippen LogP contribution in [0, 0.1) is 0 Å². The number of amides is 2. The van der Waals surface area contributed by atoms with Crippen LogP contribution in [0.25, 0.3) is 10.6 Å². The first-order valence-corrected chi connectivity index (χ1v) is 12.2. The van der Waals surface area contributed by atoms with E-state index in [1.165, 1.54) is 0 Å². The van der Waals surface area contributed by atoms with Gasteiger partial charge in [0.05, 0.1) is 11.4 Å². The SMILES string of the molecule is CC1(C(=O)NCc2ccccc2)Cn2nc(-c3cccs3)cc2C(=O)N1Cc1ccccc1Cl. The molecule has 3 heterocycles. The van der Waals surface area contributed by atoms with Gasteiger partial charge in [-0.3, -0.25) is 14.3 Å². The third kappa shape index (κ3) is 4.13. The van der Waals surface area contributed by atoms with Crippen LogP contribution in [-0.2, 0) is 24.4 Å². The molecule has 6 nitrogen and oxygen atoms in total. The number of benzene rings is 2. The maximum atomic E-state index is 13.8. The topological polar surface area (TPSA) is 67.2 Å². The lowest BCUT2D eigenvalue weighted by atomic mass is 9.94. The molecular formula is C26H23ClN4O2S. The fourth-order valence-electron chi connectivity index (χ4n) is 4.20. The average molecular weight is 491 g/mol. The van der Waals surface area contributed by atoms with E-state index in [-0.39, 0.29) is 24.9 Å². The van der Waals surface area contributed by atoms with E-state index in [0.717, 1.165) is 21.7 Å². The maximum absolute atomic E-state index is 13.8. The van der Waals surface area contributed by atoms with Crippen LogP contribution >= 0.6 is 22.9 Å². The number of aromatic nitrogens is 2. The summed E-state index contributed by atoms with van der Waals surface area (Å²) in [6, 6.07) is 22.8. The Hall–Kier alpha value is -3.42. The van der Waals surface area contributed by atoms with Crippen molar-refractivity contribution in [2.75, 3.05) is 0 Å². The van der Waals surface area contributed by atoms with Crippen molar-refractivity contribution in [3.05, 3.63) is 100 Å². The first-order chi connectivity index (χ1) is 16.5. The molecule has 2 amide bonds. The molecule has 1 atom stereocenters. The molecule has 1 aliphatic heterocycles. The smallest absolute Gasteiger partial charge is 0.273 e. The molecule has 1 aliphatic rings. The van der Waals surface area contributed by atoms with Gasteiger partial charge in [-0.2, -0.15) is 5.10 Å². The van der Waals surface area contributed by atoms with Crippen LogP contribution in [0.4, 0.5) is 0 Å². The molecule has 1 unspecified atom stereocenters. The van der Waals surface area contributed by atoms with E-state index < -0.39 is 5.54 Å². The Balaban J connectivity index is 1.51. The van der Waals surface area contributed by atoms with Crippen molar-refractivity contribution >= 4 is 34.8 Å². The Kier molecular flexibility index (Phi) is 5.98. The lowest BCUT2D eigenvalue weighted by molar-refractivity contribution is -0.133. The van der Waals surface area contributed by atoms with Crippen molar-refractivity contribution in [3.63, 3.8) is 0 Å². The maximum Gasteiger partial charge on any atom is 0.273 e. The molecule has 1 N–H and O–H groups in total. The van der Waals surface area contributed by atoms with E-state index >= 15 is 0 Å². The van der Waals surface area contributed by atoms with Crippen molar-refractivity contribution in [1.82, 2.24) is 20.0 Å². The molecule has 0 bridgehead atoms. The van der Waals surface area contributed by atoms with Crippen molar-refractivity contribution in [2.24, 2.45) is 0 Å². The normalized spacial score (nSPS) is 17.5. The Bertz CT molecular complexity index is 1340. The molecule has 0 saturated carbocycles. The number of halogens is 1. The predicted octanol–water partition coefficient (Wildman–Crippen LogP) is 5.00. The van der Waals surface area contributed by atoms with Gasteiger partial charge in [0, 0.05) is 18.1 Å². The lowest BCUT2D eigenvalue weighted by Gasteiger charge is -2.43. The van der Waals surface area contributed by atoms with Gasteiger partial charge in [-0.05, 0) is 41.6 Å². The molecule has 172 valence electrons. The Morgan fingerprint density at radius 3 is 2.62 bits per heavy atom. The molecular weight excluding hydrogens is 468 g/mol. The Morgan fingerprint density at radius 1 is 1.12 bits per heavy atom. The van der Waals surface area contributed by atoms with E-state index in [1.54, 1.807) is 40.0 Å². The van der Waals surface area contributed by atoms with Gasteiger partial charge >= 0.3 is 0 Å². The van der Waals surface area contributed by atoms with E-state index in [4.69, 9.17) is 11.6 Å². The van der Waals surface area contributed by atoms with Crippen LogP contribution in [-0.4, -0.2) is 32.0 Å². The van der Waals surface area contributed by atoms with Crippen LogP contribution in [0.3, 0.4) is 0 Å². The number of rotatable bonds is 6. The average Bonchev–Trinajstić information content (AvgIpc) is 3.52. The van der Waals surface area contributed by atoms with Gasteiger partial charge in [-0.25, -0.2) is 0 Å². The number of nitrogens with zero attached hydrogens (tertiary/aromatic N) is 3. The van der Waals surface area contributed by atoms with Gasteiger partial charge in [0.2, 0.25) is 5.91 Å². The van der Waals surface area contributed by atoms with Gasteiger partial charge in [0.1, 0.15) is 16.9 Å². The van der Waals surface area contributed by atoms with E-state index in [1.807, 2.05) is 66.0 Å². The van der Waals surface area contributed by atoms with Crippen molar-refractivity contribution in [3.8, 4) is 10.6 Å². The monoisotopic (exact) mass is 490 g/mol. The second-order valence-electron chi connectivity index (χ2n) is 8.47. The number of fused-ring (bicyclic) bond motifs is 1. The van der Waals surface area contributed by atoms with Crippen molar-refractivity contribution in [1.29, 1.82) is 0 Å². The first-order valence-electron chi connectivity index (χ1n) is 10.9. The minimum absolute atomic E-state index is 0.216. The van der Waals surface area contributed by atoms with Crippen LogP contribution in [0.15, 0.2) is 78.2 Å². The quantitative estimate of drug-likeness (QED) is 0.413. The van der Waals surface area contributed by atoms with Gasteiger partial charge in [-0.15, -0.1) is 11.3 Å². The zero-order valence-electron chi connectivity index (χ0n) is 18.6. The molecule has 0 fully saturated rings. The molecule has 5 rings (SSSR count). The highest BCUT2D eigenvalue weighted by Crippen LogP contribution is 2.33. The van der Waals surface area contributed by atoms with E-state index in [2.05, 4.69) is 10.4 Å². The summed E-state index contributed by atoms with van der Waals surface area (Å²) >= 11 is 7.98. The second kappa shape index (κ2) is 9.08. The fraction of sp³-hybridized carbons (Fsp3) is 0.192. The van der Waals surface area contributed by atoms with Crippen molar-refractivity contribution < 1.29 is 9.59 Å². The third-order valence-electron chi connectivity index (χ3n) is 6.14. The number of nitrogens with one attached hydrogen (secondary N) is 1. The number of thiophene rings is 1. The minimum Gasteiger partial charge on any atom is -0.350 e. The highest BCUT2D eigenvalue weighted by molar-refractivity contribution is 7.13. The molecule has 2 aromatic carbocycles. The van der Waals surface area contributed by atoms with Gasteiger partial charge in [-0.1, -0.05) is 66.2 Å². The molecule has 34 heavy (non-hydrogen) atoms. The summed E-state index contributed by atoms with van der Waals surface area (Å²) in [6.45, 7) is 2.62. The third-order valence-corrected chi connectivity index (χ3v) is 7.40. The van der Waals surface area contributed by atoms with E-state index in [0.29, 0.717) is 17.3 Å². The van der Waals surface area contributed by atoms with Gasteiger partial charge in [0.25, 0.3) is 5.91 Å². The summed E-state index contributed by atoms with van der Waals surface area (Å²) in [5.74, 6) is -0.491. The molecule has 0 radical (unpaired) electrons. The summed E-state index contributed by atoms with van der Waals surface area (Å²) < 4.78 is 1.66. The van der Waals surface area contributed by atoms with Gasteiger partial charge in [0.15, 0.2) is 0 Å². The predicted molar refractivity (Wildman–Crippen MR) is 134 cm³/mol. The van der Waals surface area contributed by atoms with Gasteiger partial charge < -0.3 is 10.2 Å². The number of hydrogen-bond acceptors (Lipinski definition) is 4. The lowest BCUT2D eigenvalue weighted by Crippen LogP contribution is -2.63. The zero-order chi connectivity index (χ0) is 23.7. The fourth-order valence-corrected chi connectivity index (χ4v) is 5.08. The highest BCUT2D eigenvalue weighted by atomic mass is 35.5. The summed E-state index contributed by atoms with van der Waals surface area (Å²) in [5.41, 5.74) is 1.80. The summed E-state index contributed by atoms with van der Waals surface area (Å²) in [6.07, 6.45) is 0. The second-order valence-corrected chi connectivity index (χ2v) is 9.83. The summed E-state index contributed by atoms with van der Waals surface area (Å²) in [7, 11) is 0. The molecule has 2 aromatic heterocycles. The highest BCUT2D eigenvalue weighted by Gasteiger charge is 2.48. The standard InChI is InChI=1S/C26H23ClN4O2S/c1-26(25(33)28-15-18-8-3-2-4-9-18)17-31-22(14-21(29-31)23-12-7-13-34-23)24(32)30(26)16-19-10-5-6-11-20(19)27/h2-14H,15-17H2,1H3,(H,28,33). The van der Waals surface area contributed by atoms with Crippen LogP contribution in [0.1, 0.15) is 28.5 Å². The molecule has 0 aliphatic carbocycles. The van der Waals surface area contributed by atoms with Crippen LogP contribution in [0.5, 0.6) is 0 Å². The van der Waals surface area contributed by atoms with E-state index in [9.17, 15) is 9.59 Å². The summed E-state index contributed by atoms with van der Waals surface area (Å²) in [5, 5.41) is 10.2. The minimum atomic E-state index is -1.16. The molecule has 0 saturated heterocycles. The number of carbonyl (C=O) groups excluding carboxylic acids is 2. The molecule has 4 aromatic rings.